The highest BCUT2D eigenvalue weighted by Crippen LogP contribution is 2.35. The Bertz CT molecular complexity index is 1140. The second-order valence-corrected chi connectivity index (χ2v) is 8.34. The largest absolute Gasteiger partial charge is 0.480 e. The molecule has 29 heavy (non-hydrogen) atoms. The molecule has 1 aliphatic heterocycles. The normalized spacial score (nSPS) is 16.6. The number of rotatable bonds is 5. The minimum Gasteiger partial charge on any atom is -0.480 e. The fourth-order valence-electron chi connectivity index (χ4n) is 3.39. The molecule has 6 heteroatoms. The molecule has 1 amide bonds. The summed E-state index contributed by atoms with van der Waals surface area (Å²) in [5.41, 5.74) is 1.74. The Morgan fingerprint density at radius 2 is 1.72 bits per heavy atom. The third-order valence-corrected chi connectivity index (χ3v) is 6.13. The highest BCUT2D eigenvalue weighted by atomic mass is 32.2. The summed E-state index contributed by atoms with van der Waals surface area (Å²) >= 11 is 6.53. The number of aliphatic carboxylic acids is 1. The molecule has 144 valence electrons. The van der Waals surface area contributed by atoms with Gasteiger partial charge in [0.05, 0.1) is 4.91 Å². The highest BCUT2D eigenvalue weighted by molar-refractivity contribution is 8.26. The minimum absolute atomic E-state index is 0.199. The van der Waals surface area contributed by atoms with Crippen LogP contribution in [0, 0.1) is 0 Å². The summed E-state index contributed by atoms with van der Waals surface area (Å²) in [6.07, 6.45) is 1.99. The van der Waals surface area contributed by atoms with Crippen LogP contribution < -0.4 is 0 Å². The van der Waals surface area contributed by atoms with Crippen LogP contribution in [0.15, 0.2) is 77.7 Å². The van der Waals surface area contributed by atoms with Gasteiger partial charge in [-0.2, -0.15) is 0 Å². The fourth-order valence-corrected chi connectivity index (χ4v) is 4.74. The zero-order chi connectivity index (χ0) is 20.4. The molecule has 1 aliphatic rings. The van der Waals surface area contributed by atoms with E-state index in [1.54, 1.807) is 6.08 Å². The van der Waals surface area contributed by atoms with E-state index in [0.29, 0.717) is 4.91 Å². The highest BCUT2D eigenvalue weighted by Gasteiger charge is 2.40. The van der Waals surface area contributed by atoms with Crippen molar-refractivity contribution in [3.05, 3.63) is 88.8 Å². The number of benzene rings is 3. The first-order chi connectivity index (χ1) is 14.0. The van der Waals surface area contributed by atoms with Gasteiger partial charge in [-0.25, -0.2) is 4.79 Å². The molecule has 3 aromatic rings. The van der Waals surface area contributed by atoms with Crippen LogP contribution in [0.1, 0.15) is 11.1 Å². The Kier molecular flexibility index (Phi) is 5.47. The van der Waals surface area contributed by atoms with Crippen molar-refractivity contribution in [1.82, 2.24) is 4.90 Å². The Labute approximate surface area is 177 Å². The van der Waals surface area contributed by atoms with Crippen LogP contribution in [-0.2, 0) is 16.0 Å². The lowest BCUT2D eigenvalue weighted by atomic mass is 10.0. The van der Waals surface area contributed by atoms with E-state index in [1.807, 2.05) is 72.8 Å². The van der Waals surface area contributed by atoms with Crippen LogP contribution >= 0.6 is 24.0 Å². The summed E-state index contributed by atoms with van der Waals surface area (Å²) in [7, 11) is 0. The maximum absolute atomic E-state index is 13.1. The number of carboxylic acids is 1. The van der Waals surface area contributed by atoms with Gasteiger partial charge in [0.15, 0.2) is 0 Å². The standard InChI is InChI=1S/C23H17NO3S2/c25-21-20(14-17-11-6-10-16-9-4-5-12-18(16)17)29-23(28)24(21)19(22(26)27)13-15-7-2-1-3-8-15/h1-12,14,19H,13H2,(H,26,27)/b20-14+. The number of carboxylic acid groups (broad SMARTS) is 1. The molecule has 3 aromatic carbocycles. The molecule has 1 atom stereocenters. The van der Waals surface area contributed by atoms with Crippen molar-refractivity contribution >= 4 is 57.0 Å². The van der Waals surface area contributed by atoms with E-state index in [1.165, 1.54) is 4.90 Å². The summed E-state index contributed by atoms with van der Waals surface area (Å²) in [6.45, 7) is 0. The van der Waals surface area contributed by atoms with Crippen molar-refractivity contribution in [2.75, 3.05) is 0 Å². The molecule has 1 unspecified atom stereocenters. The number of carbonyl (C=O) groups is 2. The van der Waals surface area contributed by atoms with Gasteiger partial charge in [-0.3, -0.25) is 9.69 Å². The lowest BCUT2D eigenvalue weighted by molar-refractivity contribution is -0.145. The summed E-state index contributed by atoms with van der Waals surface area (Å²) < 4.78 is 0.268. The van der Waals surface area contributed by atoms with Gasteiger partial charge in [-0.1, -0.05) is 96.8 Å². The zero-order valence-electron chi connectivity index (χ0n) is 15.3. The summed E-state index contributed by atoms with van der Waals surface area (Å²) in [5.74, 6) is -1.44. The SMILES string of the molecule is O=C(O)C(Cc1ccccc1)N1C(=O)/C(=C\c2cccc3ccccc23)SC1=S. The molecule has 0 saturated carbocycles. The molecule has 0 spiro atoms. The maximum Gasteiger partial charge on any atom is 0.327 e. The van der Waals surface area contributed by atoms with Crippen LogP contribution in [0.2, 0.25) is 0 Å². The fraction of sp³-hybridized carbons (Fsp3) is 0.0870. The van der Waals surface area contributed by atoms with E-state index in [4.69, 9.17) is 12.2 Å². The van der Waals surface area contributed by atoms with E-state index in [9.17, 15) is 14.7 Å². The predicted octanol–water partition coefficient (Wildman–Crippen LogP) is 4.74. The van der Waals surface area contributed by atoms with E-state index in [-0.39, 0.29) is 16.6 Å². The number of hydrogen-bond donors (Lipinski definition) is 1. The van der Waals surface area contributed by atoms with Crippen molar-refractivity contribution < 1.29 is 14.7 Å². The molecular formula is C23H17NO3S2. The molecule has 0 radical (unpaired) electrons. The first-order valence-electron chi connectivity index (χ1n) is 9.06. The van der Waals surface area contributed by atoms with Crippen molar-refractivity contribution in [3.8, 4) is 0 Å². The maximum atomic E-state index is 13.1. The second kappa shape index (κ2) is 8.19. The van der Waals surface area contributed by atoms with Crippen LogP contribution in [0.5, 0.6) is 0 Å². The minimum atomic E-state index is -1.07. The molecule has 4 rings (SSSR count). The number of thioether (sulfide) groups is 1. The Hall–Kier alpha value is -2.96. The van der Waals surface area contributed by atoms with Gasteiger partial charge >= 0.3 is 5.97 Å². The van der Waals surface area contributed by atoms with Gasteiger partial charge in [-0.15, -0.1) is 0 Å². The van der Waals surface area contributed by atoms with Crippen molar-refractivity contribution in [2.24, 2.45) is 0 Å². The van der Waals surface area contributed by atoms with Crippen LogP contribution in [0.4, 0.5) is 0 Å². The monoisotopic (exact) mass is 419 g/mol. The average Bonchev–Trinajstić information content (AvgIpc) is 3.00. The first-order valence-corrected chi connectivity index (χ1v) is 10.3. The van der Waals surface area contributed by atoms with Crippen LogP contribution in [0.3, 0.4) is 0 Å². The van der Waals surface area contributed by atoms with Crippen molar-refractivity contribution in [1.29, 1.82) is 0 Å². The van der Waals surface area contributed by atoms with Crippen LogP contribution in [0.25, 0.3) is 16.8 Å². The Morgan fingerprint density at radius 1 is 1.03 bits per heavy atom. The first kappa shape index (κ1) is 19.4. The third kappa shape index (κ3) is 3.95. The molecule has 0 aromatic heterocycles. The van der Waals surface area contributed by atoms with E-state index in [0.717, 1.165) is 33.7 Å². The molecular weight excluding hydrogens is 402 g/mol. The zero-order valence-corrected chi connectivity index (χ0v) is 17.0. The van der Waals surface area contributed by atoms with Crippen molar-refractivity contribution in [3.63, 3.8) is 0 Å². The van der Waals surface area contributed by atoms with Gasteiger partial charge < -0.3 is 5.11 Å². The number of hydrogen-bond acceptors (Lipinski definition) is 4. The topological polar surface area (TPSA) is 57.6 Å². The summed E-state index contributed by atoms with van der Waals surface area (Å²) in [5, 5.41) is 11.9. The second-order valence-electron chi connectivity index (χ2n) is 6.66. The Morgan fingerprint density at radius 3 is 2.48 bits per heavy atom. The smallest absolute Gasteiger partial charge is 0.327 e. The summed E-state index contributed by atoms with van der Waals surface area (Å²) in [6, 6.07) is 22.0. The van der Waals surface area contributed by atoms with Crippen molar-refractivity contribution in [2.45, 2.75) is 12.5 Å². The van der Waals surface area contributed by atoms with E-state index in [2.05, 4.69) is 0 Å². The van der Waals surface area contributed by atoms with Gasteiger partial charge in [0.25, 0.3) is 5.91 Å². The van der Waals surface area contributed by atoms with Crippen LogP contribution in [-0.4, -0.2) is 32.2 Å². The Balaban J connectivity index is 1.67. The van der Waals surface area contributed by atoms with Gasteiger partial charge in [0, 0.05) is 6.42 Å². The molecule has 1 heterocycles. The molecule has 1 N–H and O–H groups in total. The number of fused-ring (bicyclic) bond motifs is 1. The quantitative estimate of drug-likeness (QED) is 0.478. The number of thiocarbonyl (C=S) groups is 1. The van der Waals surface area contributed by atoms with Gasteiger partial charge in [0.2, 0.25) is 0 Å². The van der Waals surface area contributed by atoms with Gasteiger partial charge in [0.1, 0.15) is 10.4 Å². The number of carbonyl (C=O) groups excluding carboxylic acids is 1. The van der Waals surface area contributed by atoms with E-state index < -0.39 is 12.0 Å². The predicted molar refractivity (Wildman–Crippen MR) is 121 cm³/mol. The van der Waals surface area contributed by atoms with Gasteiger partial charge in [-0.05, 0) is 28.0 Å². The lowest BCUT2D eigenvalue weighted by Crippen LogP contribution is -2.45. The number of nitrogens with zero attached hydrogens (tertiary/aromatic N) is 1. The third-order valence-electron chi connectivity index (χ3n) is 4.80. The van der Waals surface area contributed by atoms with E-state index >= 15 is 0 Å². The number of amides is 1. The summed E-state index contributed by atoms with van der Waals surface area (Å²) in [4.78, 5) is 26.7. The lowest BCUT2D eigenvalue weighted by Gasteiger charge is -2.23. The molecule has 4 nitrogen and oxygen atoms in total. The average molecular weight is 420 g/mol. The molecule has 1 fully saturated rings. The molecule has 1 saturated heterocycles. The molecule has 0 bridgehead atoms. The molecule has 0 aliphatic carbocycles.